The lowest BCUT2D eigenvalue weighted by molar-refractivity contribution is -0.122. The van der Waals surface area contributed by atoms with E-state index in [9.17, 15) is 4.79 Å². The van der Waals surface area contributed by atoms with Gasteiger partial charge < -0.3 is 16.0 Å². The van der Waals surface area contributed by atoms with Gasteiger partial charge in [-0.2, -0.15) is 0 Å². The Morgan fingerprint density at radius 1 is 1.35 bits per heavy atom. The summed E-state index contributed by atoms with van der Waals surface area (Å²) in [6.07, 6.45) is 2.52. The zero-order valence-corrected chi connectivity index (χ0v) is 12.2. The van der Waals surface area contributed by atoms with Gasteiger partial charge in [0.05, 0.1) is 0 Å². The van der Waals surface area contributed by atoms with Crippen molar-refractivity contribution in [3.63, 3.8) is 0 Å². The molecule has 1 heterocycles. The zero-order chi connectivity index (χ0) is 14.4. The first-order valence-corrected chi connectivity index (χ1v) is 7.47. The summed E-state index contributed by atoms with van der Waals surface area (Å²) in [5.74, 6) is 0.744. The fourth-order valence-corrected chi connectivity index (χ4v) is 2.54. The van der Waals surface area contributed by atoms with E-state index < -0.39 is 6.04 Å². The molecule has 1 saturated heterocycles. The predicted octanol–water partition coefficient (Wildman–Crippen LogP) is 1.53. The van der Waals surface area contributed by atoms with Gasteiger partial charge >= 0.3 is 0 Å². The molecule has 20 heavy (non-hydrogen) atoms. The Bertz CT molecular complexity index is 413. The summed E-state index contributed by atoms with van der Waals surface area (Å²) >= 11 is 0. The maximum atomic E-state index is 12.0. The second-order valence-electron chi connectivity index (χ2n) is 5.70. The van der Waals surface area contributed by atoms with Gasteiger partial charge in [-0.25, -0.2) is 0 Å². The Hall–Kier alpha value is -1.39. The molecule has 1 aromatic rings. The van der Waals surface area contributed by atoms with E-state index in [1.165, 1.54) is 12.8 Å². The minimum absolute atomic E-state index is 0.0958. The van der Waals surface area contributed by atoms with Crippen LogP contribution in [0.3, 0.4) is 0 Å². The van der Waals surface area contributed by atoms with Crippen molar-refractivity contribution in [3.8, 4) is 0 Å². The number of nitrogens with one attached hydrogen (secondary N) is 1. The number of piperidine rings is 1. The molecule has 1 aliphatic rings. The van der Waals surface area contributed by atoms with Crippen molar-refractivity contribution in [1.29, 1.82) is 0 Å². The predicted molar refractivity (Wildman–Crippen MR) is 81.2 cm³/mol. The van der Waals surface area contributed by atoms with Crippen LogP contribution < -0.4 is 11.1 Å². The van der Waals surface area contributed by atoms with Crippen LogP contribution in [0.25, 0.3) is 0 Å². The molecule has 1 atom stereocenters. The SMILES string of the molecule is CC1CCN(CCNC(=O)[C@@H](N)c2ccccc2)CC1. The zero-order valence-electron chi connectivity index (χ0n) is 12.2. The average Bonchev–Trinajstić information content (AvgIpc) is 2.49. The van der Waals surface area contributed by atoms with E-state index in [1.54, 1.807) is 0 Å². The molecule has 0 spiro atoms. The molecule has 0 unspecified atom stereocenters. The molecule has 3 N–H and O–H groups in total. The molecule has 4 heteroatoms. The van der Waals surface area contributed by atoms with Gasteiger partial charge in [-0.1, -0.05) is 37.3 Å². The molecule has 4 nitrogen and oxygen atoms in total. The summed E-state index contributed by atoms with van der Waals surface area (Å²) in [5.41, 5.74) is 6.81. The Labute approximate surface area is 121 Å². The van der Waals surface area contributed by atoms with Crippen molar-refractivity contribution in [2.45, 2.75) is 25.8 Å². The van der Waals surface area contributed by atoms with Crippen molar-refractivity contribution in [2.75, 3.05) is 26.2 Å². The summed E-state index contributed by atoms with van der Waals surface area (Å²) in [6, 6.07) is 8.92. The smallest absolute Gasteiger partial charge is 0.241 e. The molecule has 1 amide bonds. The van der Waals surface area contributed by atoms with Crippen LogP contribution >= 0.6 is 0 Å². The van der Waals surface area contributed by atoms with Crippen LogP contribution in [0, 0.1) is 5.92 Å². The highest BCUT2D eigenvalue weighted by molar-refractivity contribution is 5.82. The standard InChI is InChI=1S/C16H25N3O/c1-13-7-10-19(11-8-13)12-9-18-16(20)15(17)14-5-3-2-4-6-14/h2-6,13,15H,7-12,17H2,1H3,(H,18,20)/t15-/m0/s1. The Morgan fingerprint density at radius 3 is 2.65 bits per heavy atom. The number of likely N-dealkylation sites (tertiary alicyclic amines) is 1. The van der Waals surface area contributed by atoms with Crippen molar-refractivity contribution in [1.82, 2.24) is 10.2 Å². The lowest BCUT2D eigenvalue weighted by Crippen LogP contribution is -2.41. The van der Waals surface area contributed by atoms with Crippen LogP contribution in [0.1, 0.15) is 31.4 Å². The lowest BCUT2D eigenvalue weighted by atomic mass is 9.99. The minimum Gasteiger partial charge on any atom is -0.353 e. The first kappa shape index (κ1) is 15.0. The topological polar surface area (TPSA) is 58.4 Å². The third-order valence-electron chi connectivity index (χ3n) is 4.04. The van der Waals surface area contributed by atoms with Crippen LogP contribution in [0.5, 0.6) is 0 Å². The number of rotatable bonds is 5. The van der Waals surface area contributed by atoms with E-state index in [1.807, 2.05) is 30.3 Å². The van der Waals surface area contributed by atoms with Crippen molar-refractivity contribution < 1.29 is 4.79 Å². The number of amides is 1. The van der Waals surface area contributed by atoms with Crippen molar-refractivity contribution in [3.05, 3.63) is 35.9 Å². The molecule has 0 saturated carbocycles. The first-order chi connectivity index (χ1) is 9.66. The maximum Gasteiger partial charge on any atom is 0.241 e. The minimum atomic E-state index is -0.572. The van der Waals surface area contributed by atoms with Crippen LogP contribution in [0.4, 0.5) is 0 Å². The summed E-state index contributed by atoms with van der Waals surface area (Å²) in [5, 5.41) is 2.93. The second kappa shape index (κ2) is 7.41. The number of carbonyl (C=O) groups excluding carboxylic acids is 1. The third-order valence-corrected chi connectivity index (χ3v) is 4.04. The monoisotopic (exact) mass is 275 g/mol. The highest BCUT2D eigenvalue weighted by atomic mass is 16.2. The third kappa shape index (κ3) is 4.32. The van der Waals surface area contributed by atoms with E-state index in [2.05, 4.69) is 17.1 Å². The molecule has 0 aliphatic carbocycles. The molecule has 1 fully saturated rings. The number of hydrogen-bond acceptors (Lipinski definition) is 3. The van der Waals surface area contributed by atoms with Gasteiger partial charge in [0.2, 0.25) is 5.91 Å². The largest absolute Gasteiger partial charge is 0.353 e. The molecule has 1 aromatic carbocycles. The van der Waals surface area contributed by atoms with Gasteiger partial charge in [0, 0.05) is 13.1 Å². The summed E-state index contributed by atoms with van der Waals surface area (Å²) < 4.78 is 0. The van der Waals surface area contributed by atoms with Gasteiger partial charge in [-0.15, -0.1) is 0 Å². The second-order valence-corrected chi connectivity index (χ2v) is 5.70. The van der Waals surface area contributed by atoms with Crippen LogP contribution in [0.2, 0.25) is 0 Å². The lowest BCUT2D eigenvalue weighted by Gasteiger charge is -2.30. The number of carbonyl (C=O) groups is 1. The number of hydrogen-bond donors (Lipinski definition) is 2. The molecule has 0 bridgehead atoms. The number of nitrogens with two attached hydrogens (primary N) is 1. The normalized spacial score (nSPS) is 18.7. The summed E-state index contributed by atoms with van der Waals surface area (Å²) in [6.45, 7) is 6.18. The van der Waals surface area contributed by atoms with Crippen molar-refractivity contribution in [2.24, 2.45) is 11.7 Å². The van der Waals surface area contributed by atoms with E-state index >= 15 is 0 Å². The highest BCUT2D eigenvalue weighted by Gasteiger charge is 2.17. The van der Waals surface area contributed by atoms with E-state index in [-0.39, 0.29) is 5.91 Å². The van der Waals surface area contributed by atoms with E-state index in [0.29, 0.717) is 6.54 Å². The van der Waals surface area contributed by atoms with Crippen LogP contribution in [-0.4, -0.2) is 37.0 Å². The fraction of sp³-hybridized carbons (Fsp3) is 0.562. The fourth-order valence-electron chi connectivity index (χ4n) is 2.54. The Kier molecular flexibility index (Phi) is 5.56. The van der Waals surface area contributed by atoms with E-state index in [0.717, 1.165) is 31.1 Å². The van der Waals surface area contributed by atoms with Gasteiger partial charge in [0.15, 0.2) is 0 Å². The molecule has 1 aliphatic heterocycles. The van der Waals surface area contributed by atoms with Gasteiger partial charge in [-0.05, 0) is 37.4 Å². The Morgan fingerprint density at radius 2 is 2.00 bits per heavy atom. The molecule has 0 radical (unpaired) electrons. The number of benzene rings is 1. The average molecular weight is 275 g/mol. The van der Waals surface area contributed by atoms with E-state index in [4.69, 9.17) is 5.73 Å². The van der Waals surface area contributed by atoms with Crippen molar-refractivity contribution >= 4 is 5.91 Å². The highest BCUT2D eigenvalue weighted by Crippen LogP contribution is 2.15. The maximum absolute atomic E-state index is 12.0. The van der Waals surface area contributed by atoms with Gasteiger partial charge in [0.1, 0.15) is 6.04 Å². The van der Waals surface area contributed by atoms with Crippen LogP contribution in [0.15, 0.2) is 30.3 Å². The summed E-state index contributed by atoms with van der Waals surface area (Å²) in [4.78, 5) is 14.4. The van der Waals surface area contributed by atoms with Crippen LogP contribution in [-0.2, 0) is 4.79 Å². The molecule has 0 aromatic heterocycles. The molecular formula is C16H25N3O. The van der Waals surface area contributed by atoms with Gasteiger partial charge in [-0.3, -0.25) is 4.79 Å². The molecule has 2 rings (SSSR count). The number of nitrogens with zero attached hydrogens (tertiary/aromatic N) is 1. The summed E-state index contributed by atoms with van der Waals surface area (Å²) in [7, 11) is 0. The Balaban J connectivity index is 1.70. The van der Waals surface area contributed by atoms with Gasteiger partial charge in [0.25, 0.3) is 0 Å². The molecule has 110 valence electrons. The first-order valence-electron chi connectivity index (χ1n) is 7.47. The molecular weight excluding hydrogens is 250 g/mol. The quantitative estimate of drug-likeness (QED) is 0.857.